The van der Waals surface area contributed by atoms with Crippen LogP contribution >= 0.6 is 0 Å². The second-order valence-electron chi connectivity index (χ2n) is 23.6. The first kappa shape index (κ1) is 65.6. The van der Waals surface area contributed by atoms with Crippen molar-refractivity contribution in [3.63, 3.8) is 0 Å². The summed E-state index contributed by atoms with van der Waals surface area (Å²) in [5, 5.41) is 0. The Hall–Kier alpha value is -5.34. The lowest BCUT2D eigenvalue weighted by Gasteiger charge is -2.55. The molecule has 0 bridgehead atoms. The topological polar surface area (TPSA) is 138 Å². The molecule has 3 aliphatic heterocycles. The summed E-state index contributed by atoms with van der Waals surface area (Å²) in [4.78, 5) is 0. The Bertz CT molecular complexity index is 2720. The van der Waals surface area contributed by atoms with Crippen LogP contribution in [0, 0.1) is 0 Å². The van der Waals surface area contributed by atoms with Crippen LogP contribution in [0.3, 0.4) is 0 Å². The van der Waals surface area contributed by atoms with E-state index < -0.39 is 56.8 Å². The average Bonchev–Trinajstić information content (AvgIpc) is 3.77. The van der Waals surface area contributed by atoms with Crippen molar-refractivity contribution >= 4 is 8.32 Å². The normalized spacial score (nSPS) is 24.5. The Morgan fingerprint density at radius 3 is 1.39 bits per heavy atom. The molecule has 1 unspecified atom stereocenters. The zero-order chi connectivity index (χ0) is 60.3. The van der Waals surface area contributed by atoms with E-state index in [1.54, 1.807) is 35.5 Å². The largest absolute Gasteiger partial charge is 0.497 e. The summed E-state index contributed by atoms with van der Waals surface area (Å²) < 4.78 is 98.4. The molecular weight excluding hydrogens is 1100 g/mol. The number of methoxy groups -OCH3 is 5. The van der Waals surface area contributed by atoms with Gasteiger partial charge in [0, 0.05) is 12.8 Å². The summed E-state index contributed by atoms with van der Waals surface area (Å²) in [5.41, 5.74) is 4.79. The van der Waals surface area contributed by atoms with E-state index in [1.807, 2.05) is 121 Å². The predicted molar refractivity (Wildman–Crippen MR) is 330 cm³/mol. The summed E-state index contributed by atoms with van der Waals surface area (Å²) in [7, 11) is 5.72. The summed E-state index contributed by atoms with van der Waals surface area (Å²) in [6.45, 7) is 18.7. The lowest BCUT2D eigenvalue weighted by atomic mass is 9.82. The number of hydrogen-bond donors (Lipinski definition) is 0. The molecule has 0 amide bonds. The molecule has 8 rings (SSSR count). The molecule has 5 aromatic rings. The van der Waals surface area contributed by atoms with Gasteiger partial charge in [0.25, 0.3) is 0 Å². The third-order valence-corrected chi connectivity index (χ3v) is 23.2. The number of fused-ring (bicyclic) bond motifs is 1. The molecule has 0 aromatic heterocycles. The van der Waals surface area contributed by atoms with Gasteiger partial charge in [-0.15, -0.1) is 0 Å². The highest BCUT2D eigenvalue weighted by Crippen LogP contribution is 2.48. The SMILES string of the molecule is COc1ccc(COC[C@@H]2O[C@@H]3CCOC(C[C@H](OCc4ccc(OC)cc4)[C@]4(C)O[C@H](COCc5ccc(OC)cc5)[C@@H](OCc5ccc(OC)cc5)C[C@@H]4O[Si](C(C)C)(C(C)C)C(C)C)O[C@H]3/C=C\C[C@@H]2OCc2ccc(OC)cc2)cc1. The minimum Gasteiger partial charge on any atom is -0.497 e. The van der Waals surface area contributed by atoms with E-state index in [2.05, 4.69) is 60.6 Å². The first-order chi connectivity index (χ1) is 41.2. The van der Waals surface area contributed by atoms with E-state index >= 15 is 0 Å². The number of ether oxygens (including phenoxy) is 14. The molecule has 15 nitrogen and oxygen atoms in total. The lowest BCUT2D eigenvalue weighted by Crippen LogP contribution is -2.66. The van der Waals surface area contributed by atoms with E-state index in [-0.39, 0.29) is 42.0 Å². The fourth-order valence-electron chi connectivity index (χ4n) is 12.3. The molecule has 0 saturated carbocycles. The maximum absolute atomic E-state index is 8.00. The van der Waals surface area contributed by atoms with Crippen LogP contribution in [-0.4, -0.2) is 124 Å². The fourth-order valence-corrected chi connectivity index (χ4v) is 17.9. The van der Waals surface area contributed by atoms with Crippen LogP contribution < -0.4 is 23.7 Å². The summed E-state index contributed by atoms with van der Waals surface area (Å²) >= 11 is 0. The van der Waals surface area contributed by atoms with Gasteiger partial charge in [-0.1, -0.05) is 114 Å². The van der Waals surface area contributed by atoms with Gasteiger partial charge in [-0.05, 0) is 125 Å². The van der Waals surface area contributed by atoms with Crippen molar-refractivity contribution in [1.82, 2.24) is 0 Å². The molecule has 16 heteroatoms. The van der Waals surface area contributed by atoms with Crippen LogP contribution in [-0.2, 0) is 80.1 Å². The molecule has 0 radical (unpaired) electrons. The molecule has 10 atom stereocenters. The van der Waals surface area contributed by atoms with Crippen LogP contribution in [0.4, 0.5) is 0 Å². The number of hydrogen-bond acceptors (Lipinski definition) is 15. The van der Waals surface area contributed by atoms with Gasteiger partial charge in [0.1, 0.15) is 52.7 Å². The van der Waals surface area contributed by atoms with Crippen LogP contribution in [0.5, 0.6) is 28.7 Å². The maximum atomic E-state index is 8.00. The Balaban J connectivity index is 1.11. The van der Waals surface area contributed by atoms with Gasteiger partial charge in [0.15, 0.2) is 6.29 Å². The second-order valence-corrected chi connectivity index (χ2v) is 29.0. The molecule has 0 aliphatic carbocycles. The first-order valence-corrected chi connectivity index (χ1v) is 32.4. The second kappa shape index (κ2) is 32.0. The highest BCUT2D eigenvalue weighted by molar-refractivity contribution is 6.77. The minimum atomic E-state index is -2.62. The smallest absolute Gasteiger partial charge is 0.200 e. The zero-order valence-electron chi connectivity index (χ0n) is 52.2. The van der Waals surface area contributed by atoms with E-state index in [1.165, 1.54) is 0 Å². The average molecular weight is 1190 g/mol. The molecule has 2 saturated heterocycles. The standard InChI is InChI=1S/C69H94O15Si/c1-47(2)85(48(3)4,49(5)6)84-67-38-63(79-43-53-22-32-58(73-11)33-23-53)65(46-76-41-51-18-28-56(71-9)29-19-51)83-69(67,7)66(80-44-54-24-34-59(74-12)35-25-54)39-68-77-37-36-62-61(82-68)15-13-14-60(78-42-52-20-30-57(72-10)31-21-52)64(81-62)45-75-40-50-16-26-55(70-8)27-17-50/h13,15-35,47-49,60-68H,14,36-46H2,1-12H3/b15-13-/t60-,61-,62+,63-,64-,65+,66-,67-,68?,69-/m0/s1. The Labute approximate surface area is 506 Å². The molecule has 2 fully saturated rings. The van der Waals surface area contributed by atoms with Gasteiger partial charge < -0.3 is 70.7 Å². The molecule has 85 heavy (non-hydrogen) atoms. The van der Waals surface area contributed by atoms with E-state index in [4.69, 9.17) is 70.7 Å². The molecule has 0 spiro atoms. The van der Waals surface area contributed by atoms with Gasteiger partial charge in [-0.2, -0.15) is 0 Å². The van der Waals surface area contributed by atoms with Gasteiger partial charge in [-0.3, -0.25) is 0 Å². The Kier molecular flexibility index (Phi) is 24.7. The van der Waals surface area contributed by atoms with E-state index in [0.29, 0.717) is 65.3 Å². The highest BCUT2D eigenvalue weighted by atomic mass is 28.4. The summed E-state index contributed by atoms with van der Waals surface area (Å²) in [6, 6.07) is 39.7. The molecule has 464 valence electrons. The molecule has 3 heterocycles. The zero-order valence-corrected chi connectivity index (χ0v) is 53.2. The lowest BCUT2D eigenvalue weighted by molar-refractivity contribution is -0.285. The van der Waals surface area contributed by atoms with Crippen molar-refractivity contribution in [3.8, 4) is 28.7 Å². The predicted octanol–water partition coefficient (Wildman–Crippen LogP) is 13.6. The van der Waals surface area contributed by atoms with Crippen LogP contribution in [0.1, 0.15) is 102 Å². The van der Waals surface area contributed by atoms with Gasteiger partial charge in [0.05, 0.1) is 119 Å². The van der Waals surface area contributed by atoms with Crippen molar-refractivity contribution in [2.45, 2.75) is 185 Å². The number of rotatable bonds is 30. The molecular formula is C69H94O15Si. The molecule has 3 aliphatic rings. The van der Waals surface area contributed by atoms with Crippen LogP contribution in [0.25, 0.3) is 0 Å². The number of benzene rings is 5. The third kappa shape index (κ3) is 17.7. The highest BCUT2D eigenvalue weighted by Gasteiger charge is 2.57. The fraction of sp³-hybridized carbons (Fsp3) is 0.536. The summed E-state index contributed by atoms with van der Waals surface area (Å²) in [5.74, 6) is 3.90. The first-order valence-electron chi connectivity index (χ1n) is 30.3. The summed E-state index contributed by atoms with van der Waals surface area (Å²) in [6.07, 6.45) is 1.81. The third-order valence-electron chi connectivity index (χ3n) is 17.1. The maximum Gasteiger partial charge on any atom is 0.200 e. The minimum absolute atomic E-state index is 0.242. The van der Waals surface area contributed by atoms with Crippen LogP contribution in [0.2, 0.25) is 16.6 Å². The van der Waals surface area contributed by atoms with Crippen LogP contribution in [0.15, 0.2) is 133 Å². The Morgan fingerprint density at radius 2 is 0.941 bits per heavy atom. The van der Waals surface area contributed by atoms with Crippen molar-refractivity contribution in [2.24, 2.45) is 0 Å². The van der Waals surface area contributed by atoms with Gasteiger partial charge in [0.2, 0.25) is 8.32 Å². The van der Waals surface area contributed by atoms with Crippen molar-refractivity contribution in [3.05, 3.63) is 161 Å². The monoisotopic (exact) mass is 1190 g/mol. The molecule has 5 aromatic carbocycles. The van der Waals surface area contributed by atoms with Crippen molar-refractivity contribution < 1.29 is 70.7 Å². The Morgan fingerprint density at radius 1 is 0.518 bits per heavy atom. The quantitative estimate of drug-likeness (QED) is 0.0318. The molecule has 0 N–H and O–H groups in total. The van der Waals surface area contributed by atoms with Crippen molar-refractivity contribution in [1.29, 1.82) is 0 Å². The van der Waals surface area contributed by atoms with E-state index in [0.717, 1.165) is 56.6 Å². The van der Waals surface area contributed by atoms with E-state index in [9.17, 15) is 0 Å². The van der Waals surface area contributed by atoms with Gasteiger partial charge in [-0.25, -0.2) is 0 Å². The van der Waals surface area contributed by atoms with Gasteiger partial charge >= 0.3 is 0 Å². The van der Waals surface area contributed by atoms with Crippen molar-refractivity contribution in [2.75, 3.05) is 55.4 Å².